The molecule has 0 spiro atoms. The molecule has 11 heteroatoms. The second-order valence-electron chi connectivity index (χ2n) is 7.74. The summed E-state index contributed by atoms with van der Waals surface area (Å²) < 4.78 is 21.3. The summed E-state index contributed by atoms with van der Waals surface area (Å²) in [5.74, 6) is -0.616. The molecule has 1 amide bonds. The van der Waals surface area contributed by atoms with Gasteiger partial charge in [0.2, 0.25) is 5.91 Å². The van der Waals surface area contributed by atoms with E-state index in [4.69, 9.17) is 18.9 Å². The lowest BCUT2D eigenvalue weighted by Crippen LogP contribution is -2.23. The number of benzene rings is 2. The van der Waals surface area contributed by atoms with Gasteiger partial charge in [-0.05, 0) is 48.9 Å². The van der Waals surface area contributed by atoms with E-state index in [9.17, 15) is 19.2 Å². The van der Waals surface area contributed by atoms with E-state index < -0.39 is 17.8 Å². The molecule has 3 rings (SSSR count). The first kappa shape index (κ1) is 26.9. The van der Waals surface area contributed by atoms with Gasteiger partial charge in [-0.1, -0.05) is 0 Å². The van der Waals surface area contributed by atoms with Crippen molar-refractivity contribution in [1.29, 1.82) is 0 Å². The average molecular weight is 510 g/mol. The lowest BCUT2D eigenvalue weighted by molar-refractivity contribution is -0.116. The quantitative estimate of drug-likeness (QED) is 0.409. The van der Waals surface area contributed by atoms with Crippen molar-refractivity contribution in [3.8, 4) is 22.8 Å². The predicted molar refractivity (Wildman–Crippen MR) is 134 cm³/mol. The molecule has 0 aliphatic carbocycles. The number of hydrogen-bond donors (Lipinski definition) is 1. The number of nitrogens with zero attached hydrogens (tertiary/aromatic N) is 2. The van der Waals surface area contributed by atoms with Crippen molar-refractivity contribution in [3.05, 3.63) is 70.0 Å². The Kier molecular flexibility index (Phi) is 8.98. The molecule has 0 bridgehead atoms. The van der Waals surface area contributed by atoms with E-state index in [0.29, 0.717) is 23.6 Å². The molecule has 3 aromatic rings. The van der Waals surface area contributed by atoms with E-state index >= 15 is 0 Å². The zero-order chi connectivity index (χ0) is 26.9. The standard InChI is InChI=1S/C26H27N3O8/c1-34-21-11-8-16(15-22(21)35-2)19-10-12-24(31)29(28-19)13-5-6-23(30)27-20-14-17(25(32)36-3)7-9-18(20)26(33)37-4/h7-12,14-15H,5-6,13H2,1-4H3,(H,27,30). The van der Waals surface area contributed by atoms with Crippen LogP contribution in [0.1, 0.15) is 33.6 Å². The smallest absolute Gasteiger partial charge is 0.339 e. The van der Waals surface area contributed by atoms with Crippen molar-refractivity contribution in [1.82, 2.24) is 9.78 Å². The van der Waals surface area contributed by atoms with E-state index in [1.54, 1.807) is 24.3 Å². The Hall–Kier alpha value is -4.67. The summed E-state index contributed by atoms with van der Waals surface area (Å²) in [6.45, 7) is 0.180. The molecule has 0 aliphatic rings. The maximum absolute atomic E-state index is 12.6. The van der Waals surface area contributed by atoms with Crippen molar-refractivity contribution in [2.45, 2.75) is 19.4 Å². The van der Waals surface area contributed by atoms with E-state index in [1.807, 2.05) is 0 Å². The predicted octanol–water partition coefficient (Wildman–Crippen LogP) is 2.92. The van der Waals surface area contributed by atoms with Gasteiger partial charge < -0.3 is 24.3 Å². The van der Waals surface area contributed by atoms with Crippen molar-refractivity contribution >= 4 is 23.5 Å². The second-order valence-corrected chi connectivity index (χ2v) is 7.74. The van der Waals surface area contributed by atoms with Gasteiger partial charge >= 0.3 is 11.9 Å². The van der Waals surface area contributed by atoms with Gasteiger partial charge in [-0.15, -0.1) is 0 Å². The number of anilines is 1. The highest BCUT2D eigenvalue weighted by molar-refractivity contribution is 6.03. The molecule has 2 aromatic carbocycles. The topological polar surface area (TPSA) is 135 Å². The molecule has 1 heterocycles. The Balaban J connectivity index is 1.71. The maximum atomic E-state index is 12.6. The fourth-order valence-electron chi connectivity index (χ4n) is 3.54. The number of aromatic nitrogens is 2. The van der Waals surface area contributed by atoms with Crippen LogP contribution in [0.15, 0.2) is 53.3 Å². The van der Waals surface area contributed by atoms with Gasteiger partial charge in [0.25, 0.3) is 5.56 Å². The van der Waals surface area contributed by atoms with Gasteiger partial charge in [-0.3, -0.25) is 9.59 Å². The van der Waals surface area contributed by atoms with Crippen LogP contribution in [0.4, 0.5) is 5.69 Å². The first-order valence-electron chi connectivity index (χ1n) is 11.2. The minimum Gasteiger partial charge on any atom is -0.493 e. The molecule has 1 N–H and O–H groups in total. The third-order valence-electron chi connectivity index (χ3n) is 5.44. The van der Waals surface area contributed by atoms with Crippen molar-refractivity contribution < 1.29 is 33.3 Å². The Morgan fingerprint density at radius 1 is 0.865 bits per heavy atom. The second kappa shape index (κ2) is 12.3. The van der Waals surface area contributed by atoms with E-state index in [2.05, 4.69) is 10.4 Å². The van der Waals surface area contributed by atoms with Crippen LogP contribution in [-0.2, 0) is 20.8 Å². The number of carbonyl (C=O) groups excluding carboxylic acids is 3. The van der Waals surface area contributed by atoms with Crippen molar-refractivity contribution in [2.24, 2.45) is 0 Å². The van der Waals surface area contributed by atoms with Crippen LogP contribution in [0.5, 0.6) is 11.5 Å². The van der Waals surface area contributed by atoms with E-state index in [0.717, 1.165) is 5.56 Å². The van der Waals surface area contributed by atoms with Crippen LogP contribution >= 0.6 is 0 Å². The largest absolute Gasteiger partial charge is 0.493 e. The number of rotatable bonds is 10. The first-order chi connectivity index (χ1) is 17.8. The van der Waals surface area contributed by atoms with Crippen LogP contribution in [-0.4, -0.2) is 56.1 Å². The summed E-state index contributed by atoms with van der Waals surface area (Å²) in [5, 5.41) is 7.03. The molecule has 0 atom stereocenters. The molecule has 0 saturated heterocycles. The van der Waals surface area contributed by atoms with E-state index in [1.165, 1.54) is 57.4 Å². The molecule has 0 saturated carbocycles. The van der Waals surface area contributed by atoms with E-state index in [-0.39, 0.29) is 35.3 Å². The lowest BCUT2D eigenvalue weighted by Gasteiger charge is -2.12. The molecule has 0 fully saturated rings. The molecular weight excluding hydrogens is 482 g/mol. The minimum atomic E-state index is -0.672. The Bertz CT molecular complexity index is 1370. The Labute approximate surface area is 212 Å². The lowest BCUT2D eigenvalue weighted by atomic mass is 10.1. The molecule has 0 unspecified atom stereocenters. The highest BCUT2D eigenvalue weighted by Crippen LogP contribution is 2.31. The number of aryl methyl sites for hydroxylation is 1. The number of carbonyl (C=O) groups is 3. The summed E-state index contributed by atoms with van der Waals surface area (Å²) in [5.41, 5.74) is 1.32. The number of nitrogens with one attached hydrogen (secondary N) is 1. The third-order valence-corrected chi connectivity index (χ3v) is 5.44. The third kappa shape index (κ3) is 6.51. The van der Waals surface area contributed by atoms with Gasteiger partial charge in [0.1, 0.15) is 0 Å². The monoisotopic (exact) mass is 509 g/mol. The molecule has 37 heavy (non-hydrogen) atoms. The molecule has 1 aromatic heterocycles. The number of ether oxygens (including phenoxy) is 4. The Morgan fingerprint density at radius 3 is 2.27 bits per heavy atom. The number of hydrogen-bond acceptors (Lipinski definition) is 9. The van der Waals surface area contributed by atoms with Gasteiger partial charge in [0, 0.05) is 24.6 Å². The number of methoxy groups -OCH3 is 4. The summed E-state index contributed by atoms with van der Waals surface area (Å²) in [6.07, 6.45) is 0.316. The molecule has 0 radical (unpaired) electrons. The van der Waals surface area contributed by atoms with Gasteiger partial charge in [-0.25, -0.2) is 14.3 Å². The fourth-order valence-corrected chi connectivity index (χ4v) is 3.54. The highest BCUT2D eigenvalue weighted by atomic mass is 16.5. The zero-order valence-corrected chi connectivity index (χ0v) is 20.9. The minimum absolute atomic E-state index is 0.0256. The normalized spacial score (nSPS) is 10.4. The van der Waals surface area contributed by atoms with Crippen LogP contribution in [0, 0.1) is 0 Å². The summed E-state index contributed by atoms with van der Waals surface area (Å²) in [4.78, 5) is 48.9. The molecule has 194 valence electrons. The van der Waals surface area contributed by atoms with Gasteiger partial charge in [-0.2, -0.15) is 5.10 Å². The van der Waals surface area contributed by atoms with Crippen LogP contribution in [0.3, 0.4) is 0 Å². The molecule has 11 nitrogen and oxygen atoms in total. The van der Waals surface area contributed by atoms with Crippen LogP contribution in [0.25, 0.3) is 11.3 Å². The molecule has 0 aliphatic heterocycles. The van der Waals surface area contributed by atoms with Gasteiger partial charge in [0.05, 0.1) is 50.9 Å². The summed E-state index contributed by atoms with van der Waals surface area (Å²) >= 11 is 0. The van der Waals surface area contributed by atoms with Crippen molar-refractivity contribution in [2.75, 3.05) is 33.8 Å². The number of amides is 1. The van der Waals surface area contributed by atoms with Gasteiger partial charge in [0.15, 0.2) is 11.5 Å². The highest BCUT2D eigenvalue weighted by Gasteiger charge is 2.17. The summed E-state index contributed by atoms with van der Waals surface area (Å²) in [7, 11) is 5.51. The molecular formula is C26H27N3O8. The number of esters is 2. The van der Waals surface area contributed by atoms with Crippen molar-refractivity contribution in [3.63, 3.8) is 0 Å². The Morgan fingerprint density at radius 2 is 1.59 bits per heavy atom. The first-order valence-corrected chi connectivity index (χ1v) is 11.2. The SMILES string of the molecule is COC(=O)c1ccc(C(=O)OC)c(NC(=O)CCCn2nc(-c3ccc(OC)c(OC)c3)ccc2=O)c1. The summed E-state index contributed by atoms with van der Waals surface area (Å²) in [6, 6.07) is 12.4. The fraction of sp³-hybridized carbons (Fsp3) is 0.269. The van der Waals surface area contributed by atoms with Crippen LogP contribution < -0.4 is 20.3 Å². The zero-order valence-electron chi connectivity index (χ0n) is 20.9. The average Bonchev–Trinajstić information content (AvgIpc) is 2.92. The van der Waals surface area contributed by atoms with Crippen LogP contribution in [0.2, 0.25) is 0 Å². The maximum Gasteiger partial charge on any atom is 0.339 e.